The molecule has 0 unspecified atom stereocenters. The van der Waals surface area contributed by atoms with Gasteiger partial charge in [-0.2, -0.15) is 0 Å². The Morgan fingerprint density at radius 1 is 1.50 bits per heavy atom. The predicted octanol–water partition coefficient (Wildman–Crippen LogP) is 3.00. The first-order chi connectivity index (χ1) is 8.50. The third-order valence-electron chi connectivity index (χ3n) is 3.43. The van der Waals surface area contributed by atoms with Crippen molar-refractivity contribution in [2.24, 2.45) is 0 Å². The van der Waals surface area contributed by atoms with Crippen molar-refractivity contribution in [2.45, 2.75) is 32.2 Å². The molecule has 0 spiro atoms. The number of carbonyl (C=O) groups is 1. The van der Waals surface area contributed by atoms with Crippen LogP contribution in [0.3, 0.4) is 0 Å². The maximum Gasteiger partial charge on any atom is 0.335 e. The van der Waals surface area contributed by atoms with Gasteiger partial charge in [0.05, 0.1) is 22.0 Å². The molecule has 18 heavy (non-hydrogen) atoms. The highest BCUT2D eigenvalue weighted by Gasteiger charge is 2.23. The van der Waals surface area contributed by atoms with E-state index in [0.29, 0.717) is 16.8 Å². The van der Waals surface area contributed by atoms with Crippen molar-refractivity contribution in [1.82, 2.24) is 0 Å². The molecule has 1 atom stereocenters. The van der Waals surface area contributed by atoms with Gasteiger partial charge in [-0.15, -0.1) is 0 Å². The van der Waals surface area contributed by atoms with E-state index in [-0.39, 0.29) is 5.56 Å². The number of benzene rings is 1. The van der Waals surface area contributed by atoms with Crippen molar-refractivity contribution in [3.8, 4) is 0 Å². The minimum atomic E-state index is -1.01. The van der Waals surface area contributed by atoms with Gasteiger partial charge in [-0.3, -0.25) is 0 Å². The van der Waals surface area contributed by atoms with Gasteiger partial charge in [0, 0.05) is 12.6 Å². The number of carboxylic acids is 1. The summed E-state index contributed by atoms with van der Waals surface area (Å²) in [6, 6.07) is 3.33. The van der Waals surface area contributed by atoms with Gasteiger partial charge >= 0.3 is 5.97 Å². The fraction of sp³-hybridized carbons (Fsp3) is 0.462. The fourth-order valence-corrected chi connectivity index (χ4v) is 2.81. The first-order valence-corrected chi connectivity index (χ1v) is 6.47. The van der Waals surface area contributed by atoms with E-state index in [0.717, 1.165) is 25.1 Å². The molecule has 1 aromatic carbocycles. The first kappa shape index (κ1) is 13.0. The fourth-order valence-electron chi connectivity index (χ4n) is 2.48. The summed E-state index contributed by atoms with van der Waals surface area (Å²) in [6.07, 6.45) is 3.43. The summed E-state index contributed by atoms with van der Waals surface area (Å²) in [5.41, 5.74) is 7.30. The first-order valence-electron chi connectivity index (χ1n) is 6.09. The lowest BCUT2D eigenvalue weighted by molar-refractivity contribution is 0.0697. The SMILES string of the molecule is C[C@H]1CCCCN1c1c(N)cc(C(=O)O)cc1Cl. The molecule has 0 aromatic heterocycles. The zero-order valence-electron chi connectivity index (χ0n) is 10.3. The molecule has 98 valence electrons. The molecule has 1 saturated heterocycles. The maximum absolute atomic E-state index is 10.9. The lowest BCUT2D eigenvalue weighted by atomic mass is 10.0. The molecule has 0 bridgehead atoms. The van der Waals surface area contributed by atoms with Crippen LogP contribution in [0.25, 0.3) is 0 Å². The smallest absolute Gasteiger partial charge is 0.335 e. The van der Waals surface area contributed by atoms with E-state index >= 15 is 0 Å². The molecule has 0 amide bonds. The summed E-state index contributed by atoms with van der Waals surface area (Å²) >= 11 is 6.19. The molecule has 5 heteroatoms. The molecule has 4 nitrogen and oxygen atoms in total. The number of aromatic carboxylic acids is 1. The van der Waals surface area contributed by atoms with E-state index in [1.165, 1.54) is 18.6 Å². The summed E-state index contributed by atoms with van der Waals surface area (Å²) in [7, 11) is 0. The Bertz CT molecular complexity index is 453. The Labute approximate surface area is 111 Å². The lowest BCUT2D eigenvalue weighted by Gasteiger charge is -2.36. The van der Waals surface area contributed by atoms with Gasteiger partial charge in [0.25, 0.3) is 0 Å². The monoisotopic (exact) mass is 268 g/mol. The Morgan fingerprint density at radius 2 is 2.22 bits per heavy atom. The quantitative estimate of drug-likeness (QED) is 0.809. The third kappa shape index (κ3) is 2.38. The number of nitrogens with zero attached hydrogens (tertiary/aromatic N) is 1. The molecule has 1 aromatic rings. The van der Waals surface area contributed by atoms with Crippen molar-refractivity contribution in [2.75, 3.05) is 17.2 Å². The second-order valence-corrected chi connectivity index (χ2v) is 5.15. The normalized spacial score (nSPS) is 19.9. The van der Waals surface area contributed by atoms with Gasteiger partial charge in [-0.1, -0.05) is 11.6 Å². The highest BCUT2D eigenvalue weighted by molar-refractivity contribution is 6.34. The zero-order valence-corrected chi connectivity index (χ0v) is 11.1. The van der Waals surface area contributed by atoms with Crippen molar-refractivity contribution in [3.05, 3.63) is 22.7 Å². The highest BCUT2D eigenvalue weighted by Crippen LogP contribution is 2.37. The molecule has 3 N–H and O–H groups in total. The number of anilines is 2. The summed E-state index contributed by atoms with van der Waals surface area (Å²) in [5, 5.41) is 9.38. The Morgan fingerprint density at radius 3 is 2.78 bits per heavy atom. The molecule has 1 fully saturated rings. The van der Waals surface area contributed by atoms with Crippen LogP contribution in [0.5, 0.6) is 0 Å². The van der Waals surface area contributed by atoms with Crippen LogP contribution in [0.2, 0.25) is 5.02 Å². The van der Waals surface area contributed by atoms with Crippen LogP contribution in [0, 0.1) is 0 Å². The minimum Gasteiger partial charge on any atom is -0.478 e. The van der Waals surface area contributed by atoms with Crippen molar-refractivity contribution in [3.63, 3.8) is 0 Å². The largest absolute Gasteiger partial charge is 0.478 e. The zero-order chi connectivity index (χ0) is 13.3. The van der Waals surface area contributed by atoms with Gasteiger partial charge in [0.1, 0.15) is 0 Å². The summed E-state index contributed by atoms with van der Waals surface area (Å²) in [5.74, 6) is -1.01. The molecular weight excluding hydrogens is 252 g/mol. The average molecular weight is 269 g/mol. The average Bonchev–Trinajstić information content (AvgIpc) is 2.30. The second-order valence-electron chi connectivity index (χ2n) is 4.74. The Kier molecular flexibility index (Phi) is 3.66. The van der Waals surface area contributed by atoms with E-state index in [1.807, 2.05) is 0 Å². The standard InChI is InChI=1S/C13H17ClN2O2/c1-8-4-2-3-5-16(8)12-10(14)6-9(13(17)18)7-11(12)15/h6-8H,2-5,15H2,1H3,(H,17,18)/t8-/m0/s1. The minimum absolute atomic E-state index is 0.130. The number of halogens is 1. The number of carboxylic acid groups (broad SMARTS) is 1. The van der Waals surface area contributed by atoms with Crippen LogP contribution in [0.1, 0.15) is 36.5 Å². The van der Waals surface area contributed by atoms with Crippen LogP contribution in [0.4, 0.5) is 11.4 Å². The van der Waals surface area contributed by atoms with E-state index < -0.39 is 5.97 Å². The Balaban J connectivity index is 2.41. The molecule has 1 aliphatic heterocycles. The van der Waals surface area contributed by atoms with E-state index in [1.54, 1.807) is 0 Å². The van der Waals surface area contributed by atoms with Crippen LogP contribution in [-0.2, 0) is 0 Å². The van der Waals surface area contributed by atoms with Crippen LogP contribution in [-0.4, -0.2) is 23.7 Å². The molecule has 1 heterocycles. The van der Waals surface area contributed by atoms with Gasteiger partial charge in [-0.05, 0) is 38.3 Å². The van der Waals surface area contributed by atoms with E-state index in [9.17, 15) is 4.79 Å². The predicted molar refractivity (Wildman–Crippen MR) is 73.5 cm³/mol. The lowest BCUT2D eigenvalue weighted by Crippen LogP contribution is -2.38. The molecular formula is C13H17ClN2O2. The second kappa shape index (κ2) is 5.06. The molecule has 0 radical (unpaired) electrons. The molecule has 2 rings (SSSR count). The van der Waals surface area contributed by atoms with E-state index in [2.05, 4.69) is 11.8 Å². The van der Waals surface area contributed by atoms with Crippen LogP contribution in [0.15, 0.2) is 12.1 Å². The molecule has 0 aliphatic carbocycles. The van der Waals surface area contributed by atoms with Gasteiger partial charge in [0.2, 0.25) is 0 Å². The number of hydrogen-bond acceptors (Lipinski definition) is 3. The van der Waals surface area contributed by atoms with Crippen molar-refractivity contribution < 1.29 is 9.90 Å². The topological polar surface area (TPSA) is 66.6 Å². The van der Waals surface area contributed by atoms with Crippen molar-refractivity contribution in [1.29, 1.82) is 0 Å². The molecule has 0 saturated carbocycles. The summed E-state index contributed by atoms with van der Waals surface area (Å²) in [4.78, 5) is 13.1. The number of rotatable bonds is 2. The number of nitrogens with two attached hydrogens (primary N) is 1. The number of piperidine rings is 1. The third-order valence-corrected chi connectivity index (χ3v) is 3.72. The van der Waals surface area contributed by atoms with Crippen LogP contribution < -0.4 is 10.6 Å². The van der Waals surface area contributed by atoms with Crippen molar-refractivity contribution >= 4 is 28.9 Å². The maximum atomic E-state index is 10.9. The number of hydrogen-bond donors (Lipinski definition) is 2. The van der Waals surface area contributed by atoms with Gasteiger partial charge < -0.3 is 15.7 Å². The molecule has 1 aliphatic rings. The summed E-state index contributed by atoms with van der Waals surface area (Å²) in [6.45, 7) is 3.05. The van der Waals surface area contributed by atoms with Gasteiger partial charge in [-0.25, -0.2) is 4.79 Å². The highest BCUT2D eigenvalue weighted by atomic mass is 35.5. The van der Waals surface area contributed by atoms with Crippen LogP contribution >= 0.6 is 11.6 Å². The Hall–Kier alpha value is -1.42. The number of nitrogen functional groups attached to an aromatic ring is 1. The van der Waals surface area contributed by atoms with Gasteiger partial charge in [0.15, 0.2) is 0 Å². The van der Waals surface area contributed by atoms with E-state index in [4.69, 9.17) is 22.4 Å². The summed E-state index contributed by atoms with van der Waals surface area (Å²) < 4.78 is 0.